The van der Waals surface area contributed by atoms with Crippen LogP contribution in [0, 0.1) is 12.7 Å². The molecule has 1 N–H and O–H groups in total. The van der Waals surface area contributed by atoms with E-state index in [1.165, 1.54) is 24.3 Å². The highest BCUT2D eigenvalue weighted by molar-refractivity contribution is 5.89. The van der Waals surface area contributed by atoms with Gasteiger partial charge in [0, 0.05) is 5.56 Å². The Morgan fingerprint density at radius 3 is 2.40 bits per heavy atom. The van der Waals surface area contributed by atoms with Gasteiger partial charge >= 0.3 is 12.1 Å². The minimum Gasteiger partial charge on any atom is -0.488 e. The fraction of sp³-hybridized carbons (Fsp3) is 0.100. The van der Waals surface area contributed by atoms with Crippen molar-refractivity contribution in [1.29, 1.82) is 0 Å². The smallest absolute Gasteiger partial charge is 0.434 e. The van der Waals surface area contributed by atoms with Gasteiger partial charge in [-0.2, -0.15) is 18.3 Å². The van der Waals surface area contributed by atoms with E-state index >= 15 is 0 Å². The van der Waals surface area contributed by atoms with Gasteiger partial charge in [-0.05, 0) is 65.6 Å². The van der Waals surface area contributed by atoms with E-state index in [0.717, 1.165) is 22.3 Å². The van der Waals surface area contributed by atoms with E-state index in [-0.39, 0.29) is 18.2 Å². The molecule has 10 heteroatoms. The van der Waals surface area contributed by atoms with Gasteiger partial charge in [0.2, 0.25) is 0 Å². The average Bonchev–Trinajstić information content (AvgIpc) is 3.40. The van der Waals surface area contributed by atoms with Gasteiger partial charge in [-0.25, -0.2) is 18.9 Å². The van der Waals surface area contributed by atoms with E-state index in [9.17, 15) is 27.5 Å². The minimum absolute atomic E-state index is 0.196. The third-order valence-corrected chi connectivity index (χ3v) is 6.23. The molecule has 202 valence electrons. The van der Waals surface area contributed by atoms with Crippen LogP contribution in [0.15, 0.2) is 91.1 Å². The molecule has 0 fully saturated rings. The molecule has 2 heterocycles. The standard InChI is InChI=1S/C30H21F4N3O3/c1-18-15-21(31)13-14-22(18)20-11-9-19(10-12-20)17-40-26-7-3-2-5-23(26)25-6-4-8-27(36-25)37-28(30(32,33)34)24(16-35-37)29(38)39/h2-16H,17H2,1H3,(H,38,39). The molecule has 5 aromatic rings. The number of carbonyl (C=O) groups is 1. The fourth-order valence-corrected chi connectivity index (χ4v) is 4.34. The topological polar surface area (TPSA) is 77.2 Å². The van der Waals surface area contributed by atoms with Crippen molar-refractivity contribution >= 4 is 5.97 Å². The SMILES string of the molecule is Cc1cc(F)ccc1-c1ccc(COc2ccccc2-c2cccc(-n3ncc(C(=O)O)c3C(F)(F)F)n2)cc1. The molecule has 0 aliphatic carbocycles. The van der Waals surface area contributed by atoms with Crippen LogP contribution >= 0.6 is 0 Å². The summed E-state index contributed by atoms with van der Waals surface area (Å²) in [5, 5.41) is 12.9. The van der Waals surface area contributed by atoms with Gasteiger partial charge in [0.15, 0.2) is 11.5 Å². The first-order valence-electron chi connectivity index (χ1n) is 12.1. The van der Waals surface area contributed by atoms with Crippen molar-refractivity contribution in [1.82, 2.24) is 14.8 Å². The molecule has 0 unspecified atom stereocenters. The Bertz CT molecular complexity index is 1700. The van der Waals surface area contributed by atoms with Gasteiger partial charge in [-0.15, -0.1) is 0 Å². The number of pyridine rings is 1. The predicted molar refractivity (Wildman–Crippen MR) is 140 cm³/mol. The lowest BCUT2D eigenvalue weighted by Crippen LogP contribution is -2.18. The zero-order valence-electron chi connectivity index (χ0n) is 21.0. The lowest BCUT2D eigenvalue weighted by molar-refractivity contribution is -0.143. The predicted octanol–water partition coefficient (Wildman–Crippen LogP) is 7.34. The molecule has 0 spiro atoms. The number of aryl methyl sites for hydroxylation is 1. The van der Waals surface area contributed by atoms with Gasteiger partial charge < -0.3 is 9.84 Å². The maximum Gasteiger partial charge on any atom is 0.434 e. The van der Waals surface area contributed by atoms with Crippen LogP contribution in [0.5, 0.6) is 5.75 Å². The second-order valence-electron chi connectivity index (χ2n) is 8.94. The monoisotopic (exact) mass is 547 g/mol. The van der Waals surface area contributed by atoms with Crippen molar-refractivity contribution in [3.8, 4) is 34.0 Å². The third-order valence-electron chi connectivity index (χ3n) is 6.23. The number of para-hydroxylation sites is 1. The first-order valence-corrected chi connectivity index (χ1v) is 12.1. The number of halogens is 4. The van der Waals surface area contributed by atoms with Gasteiger partial charge in [0.25, 0.3) is 0 Å². The lowest BCUT2D eigenvalue weighted by Gasteiger charge is -2.14. The summed E-state index contributed by atoms with van der Waals surface area (Å²) >= 11 is 0. The van der Waals surface area contributed by atoms with E-state index < -0.39 is 23.4 Å². The van der Waals surface area contributed by atoms with Crippen molar-refractivity contribution in [2.24, 2.45) is 0 Å². The van der Waals surface area contributed by atoms with E-state index in [0.29, 0.717) is 27.9 Å². The van der Waals surface area contributed by atoms with Crippen LogP contribution < -0.4 is 4.74 Å². The molecule has 0 saturated carbocycles. The molecular formula is C30H21F4N3O3. The summed E-state index contributed by atoms with van der Waals surface area (Å²) in [5.41, 5.74) is 2.00. The number of rotatable bonds is 7. The number of nitrogens with zero attached hydrogens (tertiary/aromatic N) is 3. The number of benzene rings is 3. The van der Waals surface area contributed by atoms with E-state index in [4.69, 9.17) is 4.74 Å². The normalized spacial score (nSPS) is 11.4. The highest BCUT2D eigenvalue weighted by Crippen LogP contribution is 2.35. The molecule has 0 bridgehead atoms. The van der Waals surface area contributed by atoms with Crippen molar-refractivity contribution in [3.63, 3.8) is 0 Å². The van der Waals surface area contributed by atoms with Gasteiger partial charge in [-0.3, -0.25) is 0 Å². The van der Waals surface area contributed by atoms with E-state index in [2.05, 4.69) is 10.1 Å². The highest BCUT2D eigenvalue weighted by atomic mass is 19.4. The molecule has 0 atom stereocenters. The van der Waals surface area contributed by atoms with Crippen molar-refractivity contribution in [2.45, 2.75) is 19.7 Å². The number of carboxylic acids is 1. The van der Waals surface area contributed by atoms with Crippen LogP contribution in [0.4, 0.5) is 17.6 Å². The Hall–Kier alpha value is -4.99. The quantitative estimate of drug-likeness (QED) is 0.216. The molecule has 0 aliphatic rings. The largest absolute Gasteiger partial charge is 0.488 e. The van der Waals surface area contributed by atoms with Crippen molar-refractivity contribution in [3.05, 3.63) is 119 Å². The molecule has 5 rings (SSSR count). The van der Waals surface area contributed by atoms with Crippen LogP contribution in [-0.2, 0) is 12.8 Å². The zero-order valence-corrected chi connectivity index (χ0v) is 21.0. The maximum atomic E-state index is 13.7. The number of aromatic nitrogens is 3. The molecule has 0 aliphatic heterocycles. The number of ether oxygens (including phenoxy) is 1. The van der Waals surface area contributed by atoms with Crippen LogP contribution in [0.2, 0.25) is 0 Å². The number of alkyl halides is 3. The molecule has 40 heavy (non-hydrogen) atoms. The number of hydrogen-bond donors (Lipinski definition) is 1. The Balaban J connectivity index is 1.40. The minimum atomic E-state index is -4.96. The second kappa shape index (κ2) is 10.6. The molecule has 0 saturated heterocycles. The number of hydrogen-bond acceptors (Lipinski definition) is 4. The highest BCUT2D eigenvalue weighted by Gasteiger charge is 2.41. The summed E-state index contributed by atoms with van der Waals surface area (Å²) in [6, 6.07) is 23.6. The lowest BCUT2D eigenvalue weighted by atomic mass is 9.99. The summed E-state index contributed by atoms with van der Waals surface area (Å²) in [6.45, 7) is 2.05. The Morgan fingerprint density at radius 2 is 1.70 bits per heavy atom. The Morgan fingerprint density at radius 1 is 0.950 bits per heavy atom. The van der Waals surface area contributed by atoms with Gasteiger partial charge in [0.1, 0.15) is 23.7 Å². The second-order valence-corrected chi connectivity index (χ2v) is 8.94. The maximum absolute atomic E-state index is 13.7. The molecule has 3 aromatic carbocycles. The third kappa shape index (κ3) is 5.42. The Kier molecular flexibility index (Phi) is 7.08. The van der Waals surface area contributed by atoms with E-state index in [1.807, 2.05) is 31.2 Å². The zero-order chi connectivity index (χ0) is 28.4. The van der Waals surface area contributed by atoms with Crippen LogP contribution in [-0.4, -0.2) is 25.8 Å². The van der Waals surface area contributed by atoms with Crippen LogP contribution in [0.25, 0.3) is 28.2 Å². The number of aromatic carboxylic acids is 1. The van der Waals surface area contributed by atoms with Crippen LogP contribution in [0.3, 0.4) is 0 Å². The first kappa shape index (κ1) is 26.6. The summed E-state index contributed by atoms with van der Waals surface area (Å²) in [7, 11) is 0. The van der Waals surface area contributed by atoms with Crippen molar-refractivity contribution < 1.29 is 32.2 Å². The molecule has 2 aromatic heterocycles. The van der Waals surface area contributed by atoms with E-state index in [1.54, 1.807) is 36.4 Å². The molecule has 6 nitrogen and oxygen atoms in total. The first-order chi connectivity index (χ1) is 19.1. The van der Waals surface area contributed by atoms with Gasteiger partial charge in [0.05, 0.1) is 11.9 Å². The fourth-order valence-electron chi connectivity index (χ4n) is 4.34. The summed E-state index contributed by atoms with van der Waals surface area (Å²) in [5.74, 6) is -1.78. The van der Waals surface area contributed by atoms with Crippen LogP contribution in [0.1, 0.15) is 27.2 Å². The van der Waals surface area contributed by atoms with Crippen molar-refractivity contribution in [2.75, 3.05) is 0 Å². The molecular weight excluding hydrogens is 526 g/mol. The average molecular weight is 548 g/mol. The number of carboxylic acid groups (broad SMARTS) is 1. The summed E-state index contributed by atoms with van der Waals surface area (Å²) in [6.07, 6.45) is -4.31. The Labute approximate surface area is 226 Å². The summed E-state index contributed by atoms with van der Waals surface area (Å²) < 4.78 is 61.1. The molecule has 0 amide bonds. The summed E-state index contributed by atoms with van der Waals surface area (Å²) in [4.78, 5) is 15.7. The molecule has 0 radical (unpaired) electrons. The van der Waals surface area contributed by atoms with Gasteiger partial charge in [-0.1, -0.05) is 48.5 Å².